The lowest BCUT2D eigenvalue weighted by atomic mass is 10.0. The molecule has 0 saturated heterocycles. The van der Waals surface area contributed by atoms with Crippen molar-refractivity contribution < 1.29 is 0 Å². The van der Waals surface area contributed by atoms with Gasteiger partial charge in [0.05, 0.1) is 0 Å². The van der Waals surface area contributed by atoms with E-state index in [4.69, 9.17) is 0 Å². The van der Waals surface area contributed by atoms with Crippen LogP contribution < -0.4 is 0 Å². The molecule has 0 unspecified atom stereocenters. The van der Waals surface area contributed by atoms with Gasteiger partial charge in [-0.05, 0) is 29.8 Å². The van der Waals surface area contributed by atoms with E-state index in [-0.39, 0.29) is 13.5 Å². The Morgan fingerprint density at radius 3 is 1.24 bits per heavy atom. The molecule has 0 aliphatic carbocycles. The fourth-order valence-electron chi connectivity index (χ4n) is 1.58. The summed E-state index contributed by atoms with van der Waals surface area (Å²) in [6.45, 7) is 0. The zero-order chi connectivity index (χ0) is 11.6. The van der Waals surface area contributed by atoms with Crippen LogP contribution in [0.25, 0.3) is 0 Å². The number of hydrogen-bond donors (Lipinski definition) is 0. The van der Waals surface area contributed by atoms with E-state index in [1.807, 2.05) is 5.83 Å². The van der Waals surface area contributed by atoms with Gasteiger partial charge in [0.2, 0.25) is 0 Å². The Labute approximate surface area is 120 Å². The molecule has 0 aliphatic heterocycles. The number of rotatable bonds is 3. The summed E-state index contributed by atoms with van der Waals surface area (Å²) in [4.78, 5) is 0. The largest absolute Gasteiger partial charge is 0.197 e. The van der Waals surface area contributed by atoms with Crippen molar-refractivity contribution in [2.75, 3.05) is 5.83 Å². The molecule has 17 heavy (non-hydrogen) atoms. The van der Waals surface area contributed by atoms with Gasteiger partial charge in [-0.1, -0.05) is 76.6 Å². The number of aryl methyl sites for hydroxylation is 2. The monoisotopic (exact) mass is 310 g/mol. The average molecular weight is 311 g/mol. The third-order valence-electron chi connectivity index (χ3n) is 2.39. The highest BCUT2D eigenvalue weighted by atomic mass is 79.9. The van der Waals surface area contributed by atoms with E-state index in [1.54, 1.807) is 0 Å². The van der Waals surface area contributed by atoms with Crippen LogP contribution in [0, 0.1) is 0 Å². The molecule has 2 heteroatoms. The smallest absolute Gasteiger partial charge is 0.00848 e. The van der Waals surface area contributed by atoms with Gasteiger partial charge in [-0.15, -0.1) is 0 Å². The molecule has 0 fully saturated rings. The first-order chi connectivity index (χ1) is 7.95. The Morgan fingerprint density at radius 1 is 0.647 bits per heavy atom. The van der Waals surface area contributed by atoms with Crippen molar-refractivity contribution in [3.8, 4) is 0 Å². The number of benzene rings is 2. The maximum Gasteiger partial charge on any atom is -0.00848 e. The summed E-state index contributed by atoms with van der Waals surface area (Å²) >= 11 is 2.94. The second-order valence-electron chi connectivity index (χ2n) is 3.47. The Bertz CT molecular complexity index is 333. The second-order valence-corrected chi connectivity index (χ2v) is 3.47. The minimum atomic E-state index is 0. The van der Waals surface area contributed by atoms with E-state index in [1.165, 1.54) is 11.1 Å². The van der Waals surface area contributed by atoms with Crippen LogP contribution in [-0.4, -0.2) is 5.83 Å². The average Bonchev–Trinajstić information content (AvgIpc) is 2.41. The van der Waals surface area contributed by atoms with Crippen LogP contribution in [0.2, 0.25) is 0 Å². The molecule has 2 aromatic rings. The summed E-state index contributed by atoms with van der Waals surface area (Å²) in [5, 5.41) is 0. The van der Waals surface area contributed by atoms with Crippen molar-refractivity contribution in [3.05, 3.63) is 71.8 Å². The maximum atomic E-state index is 2.94. The summed E-state index contributed by atoms with van der Waals surface area (Å²) < 4.78 is 0. The molecule has 0 aliphatic rings. The first kappa shape index (κ1) is 16.3. The second kappa shape index (κ2) is 10.4. The van der Waals surface area contributed by atoms with Gasteiger partial charge < -0.3 is 0 Å². The van der Waals surface area contributed by atoms with E-state index < -0.39 is 0 Å². The highest BCUT2D eigenvalue weighted by Gasteiger charge is 1.93. The highest BCUT2D eigenvalue weighted by molar-refractivity contribution is 9.08. The lowest BCUT2D eigenvalue weighted by Gasteiger charge is -2.01. The van der Waals surface area contributed by atoms with Crippen molar-refractivity contribution in [2.45, 2.75) is 12.8 Å². The normalized spacial score (nSPS) is 8.59. The fourth-order valence-corrected chi connectivity index (χ4v) is 1.58. The maximum absolute atomic E-state index is 2.94. The SMILES string of the molecule is CBr.S.c1ccc(CCc2ccccc2)cc1. The topological polar surface area (TPSA) is 0 Å². The molecule has 2 rings (SSSR count). The lowest BCUT2D eigenvalue weighted by Crippen LogP contribution is -1.89. The summed E-state index contributed by atoms with van der Waals surface area (Å²) in [7, 11) is 0. The number of alkyl halides is 1. The quantitative estimate of drug-likeness (QED) is 0.727. The van der Waals surface area contributed by atoms with E-state index in [2.05, 4.69) is 76.6 Å². The van der Waals surface area contributed by atoms with E-state index in [0.717, 1.165) is 12.8 Å². The molecule has 0 bridgehead atoms. The summed E-state index contributed by atoms with van der Waals surface area (Å²) in [5.74, 6) is 1.81. The van der Waals surface area contributed by atoms with Gasteiger partial charge in [0.25, 0.3) is 0 Å². The molecule has 0 aromatic heterocycles. The molecular weight excluding hydrogens is 292 g/mol. The first-order valence-electron chi connectivity index (χ1n) is 5.41. The van der Waals surface area contributed by atoms with Crippen molar-refractivity contribution >= 4 is 29.4 Å². The zero-order valence-corrected chi connectivity index (χ0v) is 12.7. The van der Waals surface area contributed by atoms with Crippen LogP contribution in [0.1, 0.15) is 11.1 Å². The Morgan fingerprint density at radius 2 is 0.941 bits per heavy atom. The molecule has 0 radical (unpaired) electrons. The van der Waals surface area contributed by atoms with E-state index >= 15 is 0 Å². The molecular formula is C15H19BrS. The van der Waals surface area contributed by atoms with Crippen LogP contribution in [0.15, 0.2) is 60.7 Å². The van der Waals surface area contributed by atoms with Crippen LogP contribution in [0.5, 0.6) is 0 Å². The molecule has 2 aromatic carbocycles. The van der Waals surface area contributed by atoms with E-state index in [9.17, 15) is 0 Å². The first-order valence-corrected chi connectivity index (χ1v) is 6.99. The molecule has 0 heterocycles. The summed E-state index contributed by atoms with van der Waals surface area (Å²) in [5.41, 5.74) is 2.83. The molecule has 0 amide bonds. The summed E-state index contributed by atoms with van der Waals surface area (Å²) in [6.07, 6.45) is 2.26. The summed E-state index contributed by atoms with van der Waals surface area (Å²) in [6, 6.07) is 21.2. The van der Waals surface area contributed by atoms with Crippen LogP contribution in [0.4, 0.5) is 0 Å². The predicted molar refractivity (Wildman–Crippen MR) is 85.5 cm³/mol. The van der Waals surface area contributed by atoms with E-state index in [0.29, 0.717) is 0 Å². The van der Waals surface area contributed by atoms with Gasteiger partial charge in [-0.2, -0.15) is 13.5 Å². The Balaban J connectivity index is 0.000000811. The number of hydrogen-bond acceptors (Lipinski definition) is 0. The predicted octanol–water partition coefficient (Wildman–Crippen LogP) is 4.60. The van der Waals surface area contributed by atoms with Gasteiger partial charge in [0.15, 0.2) is 0 Å². The standard InChI is InChI=1S/C14H14.CH3Br.H2S/c1-3-7-13(8-4-1)11-12-14-9-5-2-6-10-14;1-2;/h1-10H,11-12H2;1H3;1H2. The third-order valence-corrected chi connectivity index (χ3v) is 2.39. The molecule has 0 atom stereocenters. The number of halogens is 1. The molecule has 92 valence electrons. The van der Waals surface area contributed by atoms with Gasteiger partial charge in [-0.25, -0.2) is 0 Å². The van der Waals surface area contributed by atoms with Crippen molar-refractivity contribution in [1.82, 2.24) is 0 Å². The van der Waals surface area contributed by atoms with Gasteiger partial charge in [0, 0.05) is 0 Å². The van der Waals surface area contributed by atoms with Crippen LogP contribution in [-0.2, 0) is 12.8 Å². The Kier molecular flexibility index (Phi) is 9.98. The van der Waals surface area contributed by atoms with Crippen molar-refractivity contribution in [1.29, 1.82) is 0 Å². The van der Waals surface area contributed by atoms with Gasteiger partial charge in [0.1, 0.15) is 0 Å². The lowest BCUT2D eigenvalue weighted by molar-refractivity contribution is 0.960. The zero-order valence-electron chi connectivity index (χ0n) is 10.1. The van der Waals surface area contributed by atoms with Crippen molar-refractivity contribution in [3.63, 3.8) is 0 Å². The molecule has 0 N–H and O–H groups in total. The van der Waals surface area contributed by atoms with Gasteiger partial charge in [-0.3, -0.25) is 0 Å². The molecule has 0 spiro atoms. The Hall–Kier alpha value is -0.730. The van der Waals surface area contributed by atoms with Crippen molar-refractivity contribution in [2.24, 2.45) is 0 Å². The third kappa shape index (κ3) is 6.54. The van der Waals surface area contributed by atoms with Crippen LogP contribution >= 0.6 is 29.4 Å². The van der Waals surface area contributed by atoms with Crippen LogP contribution in [0.3, 0.4) is 0 Å². The molecule has 0 nitrogen and oxygen atoms in total. The fraction of sp³-hybridized carbons (Fsp3) is 0.200. The minimum Gasteiger partial charge on any atom is -0.197 e. The van der Waals surface area contributed by atoms with Gasteiger partial charge >= 0.3 is 0 Å². The minimum absolute atomic E-state index is 0. The molecule has 0 saturated carbocycles. The highest BCUT2D eigenvalue weighted by Crippen LogP contribution is 2.06.